The van der Waals surface area contributed by atoms with Crippen LogP contribution in [0.15, 0.2) is 73.6 Å². The van der Waals surface area contributed by atoms with Crippen molar-refractivity contribution < 1.29 is 13.2 Å². The summed E-state index contributed by atoms with van der Waals surface area (Å²) in [5.41, 5.74) is 6.38. The Hall–Kier alpha value is -5.48. The van der Waals surface area contributed by atoms with E-state index in [2.05, 4.69) is 50.5 Å². The van der Waals surface area contributed by atoms with Crippen molar-refractivity contribution in [3.8, 4) is 22.5 Å². The van der Waals surface area contributed by atoms with Gasteiger partial charge in [0, 0.05) is 81.1 Å². The number of hydrogen-bond donors (Lipinski definition) is 4. The van der Waals surface area contributed by atoms with Crippen molar-refractivity contribution >= 4 is 49.9 Å². The maximum absolute atomic E-state index is 11.8. The number of aromatic nitrogens is 8. The molecule has 2 aliphatic heterocycles. The van der Waals surface area contributed by atoms with Crippen LogP contribution in [0.1, 0.15) is 26.2 Å². The zero-order valence-corrected chi connectivity index (χ0v) is 28.6. The molecule has 0 bridgehead atoms. The van der Waals surface area contributed by atoms with Crippen molar-refractivity contribution in [3.05, 3.63) is 73.6 Å². The van der Waals surface area contributed by atoms with Crippen LogP contribution in [0.3, 0.4) is 0 Å². The van der Waals surface area contributed by atoms with Gasteiger partial charge in [-0.15, -0.1) is 0 Å². The fourth-order valence-electron chi connectivity index (χ4n) is 6.29. The molecule has 8 heterocycles. The lowest BCUT2D eigenvalue weighted by molar-refractivity contribution is -0.127. The van der Waals surface area contributed by atoms with Gasteiger partial charge in [0.1, 0.15) is 22.7 Å². The lowest BCUT2D eigenvalue weighted by Gasteiger charge is -2.32. The predicted octanol–water partition coefficient (Wildman–Crippen LogP) is 3.91. The topological polar surface area (TPSA) is 191 Å². The van der Waals surface area contributed by atoms with Crippen LogP contribution in [0, 0.1) is 0 Å². The van der Waals surface area contributed by atoms with Gasteiger partial charge >= 0.3 is 0 Å². The largest absolute Gasteiger partial charge is 0.365 e. The standard InChI is InChI=1S/C17H20N6O2S.C17H18N6O/c1-26(24,25)23-9-3-4-12(11-23)21-16-13(5-2-7-18-16)15-10-20-17-14(22-15)6-8-19-17;1-11(24)23-8-5-12(10-23)21-16-13(3-2-6-18-16)15-9-20-17-14(22-15)4-7-19-17/h2,5-8,10,12H,3-4,9,11H2,1H3,(H,18,21)(H,19,20);2-4,6-7,9,12H,5,8,10H2,1H3,(H,18,21)(H,19,20)/t2*12-/m11/s1. The van der Waals surface area contributed by atoms with Crippen LogP contribution in [0.4, 0.5) is 11.6 Å². The Kier molecular flexibility index (Phi) is 9.36. The number of fused-ring (bicyclic) bond motifs is 2. The quantitative estimate of drug-likeness (QED) is 0.190. The number of rotatable bonds is 7. The van der Waals surface area contributed by atoms with E-state index < -0.39 is 10.0 Å². The summed E-state index contributed by atoms with van der Waals surface area (Å²) in [5, 5.41) is 6.85. The number of likely N-dealkylation sites (tertiary alicyclic amines) is 1. The Labute approximate surface area is 289 Å². The van der Waals surface area contributed by atoms with E-state index >= 15 is 0 Å². The summed E-state index contributed by atoms with van der Waals surface area (Å²) in [6.07, 6.45) is 14.4. The molecule has 6 aromatic heterocycles. The fraction of sp³-hybridized carbons (Fsp3) is 0.324. The molecule has 0 radical (unpaired) electrons. The molecule has 1 amide bonds. The first kappa shape index (κ1) is 33.0. The first-order valence-corrected chi connectivity index (χ1v) is 18.3. The zero-order valence-electron chi connectivity index (χ0n) is 27.7. The van der Waals surface area contributed by atoms with Gasteiger partial charge in [-0.2, -0.15) is 0 Å². The summed E-state index contributed by atoms with van der Waals surface area (Å²) in [5.74, 6) is 1.58. The first-order chi connectivity index (χ1) is 24.2. The van der Waals surface area contributed by atoms with Crippen molar-refractivity contribution in [2.75, 3.05) is 43.1 Å². The Morgan fingerprint density at radius 1 is 0.780 bits per heavy atom. The summed E-state index contributed by atoms with van der Waals surface area (Å²) in [6, 6.07) is 11.7. The van der Waals surface area contributed by atoms with E-state index in [9.17, 15) is 13.2 Å². The average Bonchev–Trinajstić information content (AvgIpc) is 3.90. The molecule has 2 fully saturated rings. The van der Waals surface area contributed by atoms with E-state index in [1.807, 2.05) is 47.5 Å². The Morgan fingerprint density at radius 3 is 1.86 bits per heavy atom. The number of sulfonamides is 1. The number of carbonyl (C=O) groups excluding carboxylic acids is 1. The number of anilines is 2. The molecule has 8 rings (SSSR count). The summed E-state index contributed by atoms with van der Waals surface area (Å²) >= 11 is 0. The molecule has 258 valence electrons. The molecule has 0 unspecified atom stereocenters. The Bertz CT molecular complexity index is 2240. The van der Waals surface area contributed by atoms with Crippen LogP contribution < -0.4 is 10.6 Å². The maximum Gasteiger partial charge on any atom is 0.219 e. The fourth-order valence-corrected chi connectivity index (χ4v) is 7.20. The minimum atomic E-state index is -3.18. The van der Waals surface area contributed by atoms with Gasteiger partial charge in [-0.25, -0.2) is 42.6 Å². The number of piperidine rings is 1. The SMILES string of the molecule is CC(=O)N1CC[C@@H](Nc2ncccc2-c2cnc3[nH]ccc3n2)C1.CS(=O)(=O)N1CCC[C@@H](Nc2ncccc2-c2cnc3[nH]ccc3n2)C1. The number of amides is 1. The monoisotopic (exact) mass is 694 g/mol. The van der Waals surface area contributed by atoms with E-state index in [4.69, 9.17) is 0 Å². The van der Waals surface area contributed by atoms with Crippen LogP contribution in [0.2, 0.25) is 0 Å². The third-order valence-electron chi connectivity index (χ3n) is 8.86. The number of H-pyrrole nitrogens is 2. The number of aromatic amines is 2. The lowest BCUT2D eigenvalue weighted by Crippen LogP contribution is -2.44. The molecule has 2 aliphatic rings. The van der Waals surface area contributed by atoms with Gasteiger partial charge in [0.05, 0.1) is 30.0 Å². The number of pyridine rings is 2. The number of carbonyl (C=O) groups is 1. The maximum atomic E-state index is 11.8. The molecular formula is C34H38N12O3S. The van der Waals surface area contributed by atoms with Gasteiger partial charge in [0.25, 0.3) is 0 Å². The second-order valence-electron chi connectivity index (χ2n) is 12.4. The van der Waals surface area contributed by atoms with Crippen molar-refractivity contribution in [1.82, 2.24) is 49.1 Å². The van der Waals surface area contributed by atoms with E-state index in [1.54, 1.807) is 37.9 Å². The summed E-state index contributed by atoms with van der Waals surface area (Å²) in [7, 11) is -3.18. The second kappa shape index (κ2) is 14.2. The van der Waals surface area contributed by atoms with Crippen LogP contribution in [-0.4, -0.2) is 108 Å². The summed E-state index contributed by atoms with van der Waals surface area (Å²) < 4.78 is 25.2. The Balaban J connectivity index is 0.000000157. The molecular weight excluding hydrogens is 657 g/mol. The molecule has 4 N–H and O–H groups in total. The van der Waals surface area contributed by atoms with Crippen molar-refractivity contribution in [2.45, 2.75) is 38.3 Å². The first-order valence-electron chi connectivity index (χ1n) is 16.5. The van der Waals surface area contributed by atoms with Crippen LogP contribution in [0.5, 0.6) is 0 Å². The van der Waals surface area contributed by atoms with Gasteiger partial charge in [-0.05, 0) is 55.7 Å². The van der Waals surface area contributed by atoms with Crippen molar-refractivity contribution in [1.29, 1.82) is 0 Å². The minimum Gasteiger partial charge on any atom is -0.365 e. The van der Waals surface area contributed by atoms with Gasteiger partial charge < -0.3 is 25.5 Å². The van der Waals surface area contributed by atoms with Gasteiger partial charge in [-0.1, -0.05) is 0 Å². The minimum absolute atomic E-state index is 0.0103. The number of nitrogens with one attached hydrogen (secondary N) is 4. The molecule has 0 aromatic carbocycles. The van der Waals surface area contributed by atoms with E-state index in [0.717, 1.165) is 76.5 Å². The average molecular weight is 695 g/mol. The molecule has 16 heteroatoms. The van der Waals surface area contributed by atoms with E-state index in [1.165, 1.54) is 10.6 Å². The van der Waals surface area contributed by atoms with Crippen LogP contribution in [0.25, 0.3) is 44.8 Å². The summed E-state index contributed by atoms with van der Waals surface area (Å²) in [4.78, 5) is 46.4. The molecule has 2 saturated heterocycles. The molecule has 2 atom stereocenters. The number of nitrogens with zero attached hydrogens (tertiary/aromatic N) is 8. The van der Waals surface area contributed by atoms with Crippen LogP contribution in [-0.2, 0) is 14.8 Å². The highest BCUT2D eigenvalue weighted by Gasteiger charge is 2.27. The second-order valence-corrected chi connectivity index (χ2v) is 14.4. The molecule has 15 nitrogen and oxygen atoms in total. The molecule has 6 aromatic rings. The Morgan fingerprint density at radius 2 is 1.34 bits per heavy atom. The van der Waals surface area contributed by atoms with Gasteiger partial charge in [0.2, 0.25) is 15.9 Å². The van der Waals surface area contributed by atoms with E-state index in [0.29, 0.717) is 25.5 Å². The summed E-state index contributed by atoms with van der Waals surface area (Å²) in [6.45, 7) is 4.10. The normalized spacial score (nSPS) is 18.2. The van der Waals surface area contributed by atoms with Crippen molar-refractivity contribution in [2.24, 2.45) is 0 Å². The molecule has 0 aliphatic carbocycles. The molecule has 50 heavy (non-hydrogen) atoms. The lowest BCUT2D eigenvalue weighted by atomic mass is 10.1. The highest BCUT2D eigenvalue weighted by molar-refractivity contribution is 7.88. The zero-order chi connectivity index (χ0) is 34.7. The predicted molar refractivity (Wildman–Crippen MR) is 192 cm³/mol. The number of hydrogen-bond acceptors (Lipinski definition) is 11. The van der Waals surface area contributed by atoms with Gasteiger partial charge in [-0.3, -0.25) is 4.79 Å². The highest BCUT2D eigenvalue weighted by atomic mass is 32.2. The molecule has 0 spiro atoms. The smallest absolute Gasteiger partial charge is 0.219 e. The third-order valence-corrected chi connectivity index (χ3v) is 10.1. The van der Waals surface area contributed by atoms with E-state index in [-0.39, 0.29) is 18.0 Å². The van der Waals surface area contributed by atoms with Crippen molar-refractivity contribution in [3.63, 3.8) is 0 Å². The van der Waals surface area contributed by atoms with Gasteiger partial charge in [0.15, 0.2) is 11.3 Å². The third kappa shape index (κ3) is 7.40. The molecule has 0 saturated carbocycles. The highest BCUT2D eigenvalue weighted by Crippen LogP contribution is 2.28. The van der Waals surface area contributed by atoms with Crippen LogP contribution >= 0.6 is 0 Å².